The number of methoxy groups -OCH3 is 1. The minimum Gasteiger partial charge on any atom is -0.496 e. The number of benzene rings is 2. The van der Waals surface area contributed by atoms with E-state index in [1.54, 1.807) is 7.11 Å². The highest BCUT2D eigenvalue weighted by Gasteiger charge is 2.32. The number of carbonyl (C=O) groups is 3. The number of amides is 2. The van der Waals surface area contributed by atoms with Gasteiger partial charge in [0.05, 0.1) is 25.7 Å². The zero-order valence-electron chi connectivity index (χ0n) is 21.0. The predicted molar refractivity (Wildman–Crippen MR) is 137 cm³/mol. The van der Waals surface area contributed by atoms with Gasteiger partial charge in [0.2, 0.25) is 21.8 Å². The van der Waals surface area contributed by atoms with Crippen molar-refractivity contribution in [2.45, 2.75) is 51.4 Å². The van der Waals surface area contributed by atoms with Crippen molar-refractivity contribution in [2.75, 3.05) is 18.3 Å². The van der Waals surface area contributed by atoms with E-state index in [0.717, 1.165) is 34.1 Å². The first-order chi connectivity index (χ1) is 16.8. The Morgan fingerprint density at radius 1 is 1.14 bits per heavy atom. The molecule has 1 atom stereocenters. The summed E-state index contributed by atoms with van der Waals surface area (Å²) in [5.74, 6) is -0.902. The van der Waals surface area contributed by atoms with Crippen LogP contribution in [0.15, 0.2) is 42.6 Å². The number of rotatable bonds is 5. The summed E-state index contributed by atoms with van der Waals surface area (Å²) in [6, 6.07) is 9.53. The highest BCUT2D eigenvalue weighted by Crippen LogP contribution is 2.44. The molecule has 1 unspecified atom stereocenters. The monoisotopic (exact) mass is 510 g/mol. The Morgan fingerprint density at radius 2 is 1.86 bits per heavy atom. The maximum absolute atomic E-state index is 12.7. The predicted octanol–water partition coefficient (Wildman–Crippen LogP) is 3.58. The van der Waals surface area contributed by atoms with Crippen LogP contribution in [0.5, 0.6) is 5.75 Å². The molecule has 0 radical (unpaired) electrons. The molecule has 4 rings (SSSR count). The zero-order valence-corrected chi connectivity index (χ0v) is 21.9. The lowest BCUT2D eigenvalue weighted by molar-refractivity contribution is -0.125. The normalized spacial score (nSPS) is 17.8. The number of allylic oxidation sites excluding steroid dienone is 1. The molecule has 1 aliphatic carbocycles. The number of hydrogen-bond donors (Lipinski definition) is 1. The fraction of sp³-hybridized carbons (Fsp3) is 0.370. The van der Waals surface area contributed by atoms with E-state index in [4.69, 9.17) is 4.74 Å². The maximum atomic E-state index is 12.7. The van der Waals surface area contributed by atoms with E-state index in [2.05, 4.69) is 25.5 Å². The van der Waals surface area contributed by atoms with Gasteiger partial charge >= 0.3 is 0 Å². The first kappa shape index (κ1) is 25.6. The van der Waals surface area contributed by atoms with E-state index in [-0.39, 0.29) is 23.5 Å². The Balaban J connectivity index is 1.82. The minimum absolute atomic E-state index is 0.182. The topological polar surface area (TPSA) is 110 Å². The molecular formula is C27H30N2O6S. The Bertz CT molecular complexity index is 1400. The fourth-order valence-corrected chi connectivity index (χ4v) is 5.33. The van der Waals surface area contributed by atoms with Crippen LogP contribution in [0.25, 0.3) is 11.1 Å². The largest absolute Gasteiger partial charge is 0.496 e. The summed E-state index contributed by atoms with van der Waals surface area (Å²) < 4.78 is 31.0. The van der Waals surface area contributed by atoms with Gasteiger partial charge in [-0.15, -0.1) is 0 Å². The second kappa shape index (κ2) is 9.20. The van der Waals surface area contributed by atoms with Crippen LogP contribution in [0.3, 0.4) is 0 Å². The van der Waals surface area contributed by atoms with Crippen LogP contribution in [0, 0.1) is 0 Å². The lowest BCUT2D eigenvalue weighted by Crippen LogP contribution is -2.33. The first-order valence-electron chi connectivity index (χ1n) is 11.7. The first-order valence-corrected chi connectivity index (χ1v) is 13.6. The summed E-state index contributed by atoms with van der Waals surface area (Å²) in [6.45, 7) is 6.18. The molecule has 0 bridgehead atoms. The van der Waals surface area contributed by atoms with Gasteiger partial charge in [0.25, 0.3) is 0 Å². The number of ketones is 1. The molecule has 190 valence electrons. The standard InChI is InChI=1S/C27H30N2O6S/c1-27(2,3)23-14-18(29-11-10-19(30)15-24(29)31)13-22(25(23)35-4)17-6-8-20-16(12-17)7-9-21(20)26(32)28-36(5,33)34/h6,8,10-14,21H,7,9,15H2,1-5H3,(H,28,32). The van der Waals surface area contributed by atoms with E-state index in [1.165, 1.54) is 17.2 Å². The van der Waals surface area contributed by atoms with Crippen LogP contribution < -0.4 is 14.4 Å². The van der Waals surface area contributed by atoms with Gasteiger partial charge < -0.3 is 4.74 Å². The van der Waals surface area contributed by atoms with Crippen molar-refractivity contribution in [1.29, 1.82) is 0 Å². The van der Waals surface area contributed by atoms with E-state index in [0.29, 0.717) is 24.3 Å². The van der Waals surface area contributed by atoms with E-state index in [9.17, 15) is 22.8 Å². The number of carbonyl (C=O) groups excluding carboxylic acids is 3. The number of aryl methyl sites for hydroxylation is 1. The van der Waals surface area contributed by atoms with Gasteiger partial charge in [-0.2, -0.15) is 0 Å². The molecule has 8 nitrogen and oxygen atoms in total. The Morgan fingerprint density at radius 3 is 2.47 bits per heavy atom. The molecule has 0 saturated carbocycles. The molecular weight excluding hydrogens is 480 g/mol. The summed E-state index contributed by atoms with van der Waals surface area (Å²) in [5, 5.41) is 0. The molecule has 0 aromatic heterocycles. The van der Waals surface area contributed by atoms with Gasteiger partial charge in [-0.3, -0.25) is 24.0 Å². The smallest absolute Gasteiger partial charge is 0.240 e. The molecule has 1 aliphatic heterocycles. The third-order valence-corrected chi connectivity index (χ3v) is 7.07. The highest BCUT2D eigenvalue weighted by molar-refractivity contribution is 7.89. The van der Waals surface area contributed by atoms with Gasteiger partial charge in [0.1, 0.15) is 5.75 Å². The second-order valence-corrected chi connectivity index (χ2v) is 12.0. The number of hydrogen-bond acceptors (Lipinski definition) is 6. The third kappa shape index (κ3) is 5.06. The molecule has 0 spiro atoms. The number of nitrogens with one attached hydrogen (secondary N) is 1. The number of sulfonamides is 1. The van der Waals surface area contributed by atoms with E-state index < -0.39 is 21.8 Å². The number of nitrogens with zero attached hydrogens (tertiary/aromatic N) is 1. The maximum Gasteiger partial charge on any atom is 0.240 e. The van der Waals surface area contributed by atoms with E-state index >= 15 is 0 Å². The van der Waals surface area contributed by atoms with Crippen molar-refractivity contribution in [3.05, 3.63) is 59.3 Å². The summed E-state index contributed by atoms with van der Waals surface area (Å²) >= 11 is 0. The second-order valence-electron chi connectivity index (χ2n) is 10.3. The molecule has 9 heteroatoms. The van der Waals surface area contributed by atoms with Gasteiger partial charge in [-0.05, 0) is 53.2 Å². The molecule has 2 aromatic rings. The lowest BCUT2D eigenvalue weighted by Gasteiger charge is -2.28. The number of anilines is 1. The van der Waals surface area contributed by atoms with Crippen LogP contribution in [0.2, 0.25) is 0 Å². The molecule has 2 aliphatic rings. The SMILES string of the molecule is COc1c(-c2ccc3c(c2)CCC3C(=O)NS(C)(=O)=O)cc(N2C=CC(=O)CC2=O)cc1C(C)(C)C. The quantitative estimate of drug-likeness (QED) is 0.616. The van der Waals surface area contributed by atoms with Crippen LogP contribution in [-0.2, 0) is 36.2 Å². The van der Waals surface area contributed by atoms with Crippen LogP contribution in [0.4, 0.5) is 5.69 Å². The van der Waals surface area contributed by atoms with Crippen molar-refractivity contribution in [2.24, 2.45) is 0 Å². The zero-order chi connectivity index (χ0) is 26.4. The molecule has 1 N–H and O–H groups in total. The number of fused-ring (bicyclic) bond motifs is 1. The molecule has 0 fully saturated rings. The third-order valence-electron chi connectivity index (χ3n) is 6.50. The van der Waals surface area contributed by atoms with Crippen LogP contribution in [0.1, 0.15) is 56.2 Å². The van der Waals surface area contributed by atoms with Crippen LogP contribution >= 0.6 is 0 Å². The van der Waals surface area contributed by atoms with Crippen molar-refractivity contribution in [3.8, 4) is 16.9 Å². The average molecular weight is 511 g/mol. The van der Waals surface area contributed by atoms with E-state index in [1.807, 2.05) is 30.3 Å². The Hall–Kier alpha value is -3.46. The number of ether oxygens (including phenoxy) is 1. The van der Waals surface area contributed by atoms with Crippen LogP contribution in [-0.4, -0.2) is 39.4 Å². The average Bonchev–Trinajstić information content (AvgIpc) is 3.20. The lowest BCUT2D eigenvalue weighted by atomic mass is 9.83. The van der Waals surface area contributed by atoms with Gasteiger partial charge in [-0.25, -0.2) is 8.42 Å². The van der Waals surface area contributed by atoms with Crippen molar-refractivity contribution < 1.29 is 27.5 Å². The molecule has 1 heterocycles. The molecule has 2 aromatic carbocycles. The van der Waals surface area contributed by atoms with Crippen molar-refractivity contribution >= 4 is 33.3 Å². The molecule has 36 heavy (non-hydrogen) atoms. The van der Waals surface area contributed by atoms with Gasteiger partial charge in [0, 0.05) is 23.0 Å². The molecule has 0 saturated heterocycles. The van der Waals surface area contributed by atoms with Crippen molar-refractivity contribution in [3.63, 3.8) is 0 Å². The highest BCUT2D eigenvalue weighted by atomic mass is 32.2. The Kier molecular flexibility index (Phi) is 6.55. The summed E-state index contributed by atoms with van der Waals surface area (Å²) in [5.41, 5.74) is 4.64. The summed E-state index contributed by atoms with van der Waals surface area (Å²) in [4.78, 5) is 38.4. The summed E-state index contributed by atoms with van der Waals surface area (Å²) in [6.07, 6.45) is 4.84. The van der Waals surface area contributed by atoms with Gasteiger partial charge in [-0.1, -0.05) is 39.0 Å². The van der Waals surface area contributed by atoms with Gasteiger partial charge in [0.15, 0.2) is 5.78 Å². The Labute approximate surface area is 211 Å². The fourth-order valence-electron chi connectivity index (χ4n) is 4.82. The summed E-state index contributed by atoms with van der Waals surface area (Å²) in [7, 11) is -2.03. The minimum atomic E-state index is -3.64. The molecule has 2 amide bonds. The van der Waals surface area contributed by atoms with Crippen molar-refractivity contribution in [1.82, 2.24) is 4.72 Å².